The van der Waals surface area contributed by atoms with Crippen molar-refractivity contribution in [3.63, 3.8) is 0 Å². The Hall–Kier alpha value is -4.25. The van der Waals surface area contributed by atoms with Gasteiger partial charge in [0.05, 0.1) is 11.3 Å². The molecule has 1 amide bonds. The largest absolute Gasteiger partial charge is 0.505 e. The zero-order valence-electron chi connectivity index (χ0n) is 23.7. The van der Waals surface area contributed by atoms with E-state index in [9.17, 15) is 23.1 Å². The van der Waals surface area contributed by atoms with Crippen LogP contribution in [0.2, 0.25) is 0 Å². The van der Waals surface area contributed by atoms with E-state index in [0.29, 0.717) is 23.3 Å². The first-order valence-corrected chi connectivity index (χ1v) is 14.5. The Labute approximate surface area is 246 Å². The lowest BCUT2D eigenvalue weighted by molar-refractivity contribution is -0.138. The molecule has 8 nitrogen and oxygen atoms in total. The quantitative estimate of drug-likeness (QED) is 0.243. The van der Waals surface area contributed by atoms with Gasteiger partial charge in [-0.2, -0.15) is 13.2 Å². The third-order valence-corrected chi connectivity index (χ3v) is 8.87. The van der Waals surface area contributed by atoms with Gasteiger partial charge in [0.15, 0.2) is 11.6 Å². The van der Waals surface area contributed by atoms with E-state index in [-0.39, 0.29) is 17.3 Å². The number of pyridine rings is 1. The number of hydrogen-bond donors (Lipinski definition) is 2. The van der Waals surface area contributed by atoms with E-state index in [0.717, 1.165) is 73.6 Å². The number of hydrogen-bond acceptors (Lipinski definition) is 6. The van der Waals surface area contributed by atoms with Crippen LogP contribution in [-0.2, 0) is 19.8 Å². The van der Waals surface area contributed by atoms with Gasteiger partial charge in [-0.05, 0) is 85.0 Å². The molecule has 2 aliphatic carbocycles. The van der Waals surface area contributed by atoms with Gasteiger partial charge in [0, 0.05) is 37.3 Å². The zero-order chi connectivity index (χ0) is 29.9. The number of amides is 1. The number of halogens is 3. The molecule has 0 unspecified atom stereocenters. The fourth-order valence-corrected chi connectivity index (χ4v) is 6.16. The van der Waals surface area contributed by atoms with Crippen molar-refractivity contribution in [3.8, 4) is 28.3 Å². The molecule has 4 aromatic rings. The van der Waals surface area contributed by atoms with E-state index in [1.807, 2.05) is 37.4 Å². The van der Waals surface area contributed by atoms with Crippen molar-refractivity contribution < 1.29 is 23.1 Å². The van der Waals surface area contributed by atoms with Gasteiger partial charge in [0.25, 0.3) is 5.91 Å². The van der Waals surface area contributed by atoms with Crippen molar-refractivity contribution in [1.29, 1.82) is 0 Å². The van der Waals surface area contributed by atoms with Gasteiger partial charge in [-0.25, -0.2) is 4.98 Å². The summed E-state index contributed by atoms with van der Waals surface area (Å²) in [5.41, 5.74) is 2.43. The minimum absolute atomic E-state index is 0.0562. The van der Waals surface area contributed by atoms with E-state index in [4.69, 9.17) is 0 Å². The van der Waals surface area contributed by atoms with Crippen molar-refractivity contribution in [2.75, 3.05) is 18.4 Å². The molecule has 2 N–H and O–H groups in total. The molecule has 0 radical (unpaired) electrons. The number of nitrogens with one attached hydrogen (secondary N) is 1. The fourth-order valence-electron chi connectivity index (χ4n) is 6.16. The molecule has 3 aliphatic rings. The Morgan fingerprint density at radius 2 is 1.86 bits per heavy atom. The predicted molar refractivity (Wildman–Crippen MR) is 154 cm³/mol. The average molecular weight is 589 g/mol. The van der Waals surface area contributed by atoms with Crippen LogP contribution < -0.4 is 5.32 Å². The summed E-state index contributed by atoms with van der Waals surface area (Å²) in [6.07, 6.45) is 2.07. The molecular formula is C32H31F3N6O2. The number of aryl methyl sites for hydroxylation is 1. The molecule has 0 bridgehead atoms. The van der Waals surface area contributed by atoms with Crippen LogP contribution in [0.3, 0.4) is 0 Å². The summed E-state index contributed by atoms with van der Waals surface area (Å²) in [4.78, 5) is 20.4. The second kappa shape index (κ2) is 10.2. The summed E-state index contributed by atoms with van der Waals surface area (Å²) in [5, 5.41) is 21.5. The predicted octanol–water partition coefficient (Wildman–Crippen LogP) is 6.38. The summed E-state index contributed by atoms with van der Waals surface area (Å²) in [5.74, 6) is -0.842. The number of aromatic hydroxyl groups is 1. The molecule has 2 saturated carbocycles. The number of likely N-dealkylation sites (tertiary alicyclic amines) is 1. The molecule has 222 valence electrons. The van der Waals surface area contributed by atoms with Crippen LogP contribution in [0.25, 0.3) is 22.5 Å². The average Bonchev–Trinajstić information content (AvgIpc) is 3.88. The standard InChI is InChI=1S/C32H31F3N6O2/c1-40-18-36-39-29(40)23-5-3-2-4-22(23)21-14-25(20-6-7-20)37-27(15-21)30(43)38-26-13-19(12-24(28(26)42)32(33,34)35)16-41-11-10-31(17-41)8-9-31/h2-5,12-15,18,20,42H,6-11,16-17H2,1H3,(H,38,43). The van der Waals surface area contributed by atoms with Gasteiger partial charge in [0.2, 0.25) is 0 Å². The Morgan fingerprint density at radius 1 is 1.09 bits per heavy atom. The smallest absolute Gasteiger partial charge is 0.420 e. The summed E-state index contributed by atoms with van der Waals surface area (Å²) >= 11 is 0. The summed E-state index contributed by atoms with van der Waals surface area (Å²) in [6, 6.07) is 13.6. The lowest BCUT2D eigenvalue weighted by Crippen LogP contribution is -2.21. The molecule has 1 aliphatic heterocycles. The highest BCUT2D eigenvalue weighted by Crippen LogP contribution is 2.53. The number of benzene rings is 2. The highest BCUT2D eigenvalue weighted by molar-refractivity contribution is 6.04. The van der Waals surface area contributed by atoms with E-state index in [1.165, 1.54) is 6.07 Å². The monoisotopic (exact) mass is 588 g/mol. The van der Waals surface area contributed by atoms with Crippen molar-refractivity contribution in [2.45, 2.75) is 50.7 Å². The number of carbonyl (C=O) groups excluding carboxylic acids is 1. The second-order valence-corrected chi connectivity index (χ2v) is 12.2. The maximum absolute atomic E-state index is 14.0. The minimum atomic E-state index is -4.79. The van der Waals surface area contributed by atoms with Crippen LogP contribution in [0.4, 0.5) is 18.9 Å². The van der Waals surface area contributed by atoms with E-state index in [1.54, 1.807) is 17.0 Å². The number of anilines is 1. The molecule has 1 saturated heterocycles. The molecule has 43 heavy (non-hydrogen) atoms. The lowest BCUT2D eigenvalue weighted by Gasteiger charge is -2.20. The Morgan fingerprint density at radius 3 is 2.51 bits per heavy atom. The van der Waals surface area contributed by atoms with E-state index >= 15 is 0 Å². The molecule has 2 aromatic heterocycles. The van der Waals surface area contributed by atoms with E-state index in [2.05, 4.69) is 25.4 Å². The SMILES string of the molecule is Cn1cnnc1-c1ccccc1-c1cc(C(=O)Nc2cc(CN3CCC4(CC4)C3)cc(C(F)(F)F)c2O)nc(C2CC2)c1. The Balaban J connectivity index is 1.23. The molecule has 11 heteroatoms. The first-order valence-electron chi connectivity index (χ1n) is 14.5. The first-order chi connectivity index (χ1) is 20.6. The van der Waals surface area contributed by atoms with Gasteiger partial charge < -0.3 is 15.0 Å². The van der Waals surface area contributed by atoms with Crippen LogP contribution in [0.1, 0.15) is 65.3 Å². The molecular weight excluding hydrogens is 557 g/mol. The third-order valence-electron chi connectivity index (χ3n) is 8.87. The lowest BCUT2D eigenvalue weighted by atomic mass is 9.97. The number of alkyl halides is 3. The van der Waals surface area contributed by atoms with Gasteiger partial charge in [0.1, 0.15) is 12.0 Å². The minimum Gasteiger partial charge on any atom is -0.505 e. The van der Waals surface area contributed by atoms with E-state index < -0.39 is 23.4 Å². The Kier molecular flexibility index (Phi) is 6.53. The zero-order valence-corrected chi connectivity index (χ0v) is 23.7. The number of phenolic OH excluding ortho intramolecular Hbond substituents is 1. The van der Waals surface area contributed by atoms with Gasteiger partial charge in [-0.3, -0.25) is 9.69 Å². The van der Waals surface area contributed by atoms with Crippen molar-refractivity contribution in [1.82, 2.24) is 24.6 Å². The molecule has 1 spiro atoms. The summed E-state index contributed by atoms with van der Waals surface area (Å²) in [7, 11) is 1.84. The fraction of sp³-hybridized carbons (Fsp3) is 0.375. The van der Waals surface area contributed by atoms with Crippen LogP contribution in [0.5, 0.6) is 5.75 Å². The summed E-state index contributed by atoms with van der Waals surface area (Å²) < 4.78 is 43.7. The molecule has 2 aromatic carbocycles. The highest BCUT2D eigenvalue weighted by atomic mass is 19.4. The molecule has 7 rings (SSSR count). The summed E-state index contributed by atoms with van der Waals surface area (Å²) in [6.45, 7) is 1.99. The highest BCUT2D eigenvalue weighted by Gasteiger charge is 2.47. The second-order valence-electron chi connectivity index (χ2n) is 12.2. The molecule has 3 fully saturated rings. The van der Waals surface area contributed by atoms with Crippen molar-refractivity contribution in [3.05, 3.63) is 77.4 Å². The van der Waals surface area contributed by atoms with Gasteiger partial charge >= 0.3 is 6.18 Å². The number of rotatable bonds is 7. The normalized spacial score (nSPS) is 17.9. The number of aromatic nitrogens is 4. The van der Waals surface area contributed by atoms with Crippen LogP contribution >= 0.6 is 0 Å². The topological polar surface area (TPSA) is 96.2 Å². The number of phenols is 1. The molecule has 0 atom stereocenters. The molecule has 3 heterocycles. The van der Waals surface area contributed by atoms with Crippen molar-refractivity contribution >= 4 is 11.6 Å². The maximum atomic E-state index is 14.0. The van der Waals surface area contributed by atoms with Crippen LogP contribution in [0, 0.1) is 5.41 Å². The first kappa shape index (κ1) is 27.6. The Bertz CT molecular complexity index is 1720. The third kappa shape index (κ3) is 5.49. The number of carbonyl (C=O) groups is 1. The van der Waals surface area contributed by atoms with Crippen molar-refractivity contribution in [2.24, 2.45) is 12.5 Å². The van der Waals surface area contributed by atoms with Crippen LogP contribution in [-0.4, -0.2) is 48.8 Å². The van der Waals surface area contributed by atoms with Crippen LogP contribution in [0.15, 0.2) is 54.9 Å². The van der Waals surface area contributed by atoms with Gasteiger partial charge in [-0.1, -0.05) is 24.3 Å². The maximum Gasteiger partial charge on any atom is 0.420 e. The number of nitrogens with zero attached hydrogens (tertiary/aromatic N) is 5. The van der Waals surface area contributed by atoms with Gasteiger partial charge in [-0.15, -0.1) is 10.2 Å².